The number of hydrogen-bond acceptors (Lipinski definition) is 4. The molecule has 2 atom stereocenters. The molecule has 8 heteroatoms. The quantitative estimate of drug-likeness (QED) is 0.383. The van der Waals surface area contributed by atoms with Gasteiger partial charge in [-0.15, -0.1) is 0 Å². The summed E-state index contributed by atoms with van der Waals surface area (Å²) in [5.41, 5.74) is -0.835. The molecule has 0 aromatic rings. The lowest BCUT2D eigenvalue weighted by molar-refractivity contribution is -0.598. The van der Waals surface area contributed by atoms with Gasteiger partial charge in [-0.25, -0.2) is 4.39 Å². The van der Waals surface area contributed by atoms with Gasteiger partial charge in [0.25, 0.3) is 5.70 Å². The van der Waals surface area contributed by atoms with Crippen LogP contribution in [0.1, 0.15) is 0 Å². The van der Waals surface area contributed by atoms with Crippen LogP contribution in [0.5, 0.6) is 0 Å². The largest absolute Gasteiger partial charge is 0.418 e. The number of hydrogen-bond donors (Lipinski definition) is 0. The fourth-order valence-corrected chi connectivity index (χ4v) is 0.920. The Balaban J connectivity index is 3.14. The minimum Gasteiger partial charge on any atom is -0.261 e. The van der Waals surface area contributed by atoms with Crippen molar-refractivity contribution in [1.82, 2.24) is 0 Å². The predicted octanol–water partition coefficient (Wildman–Crippen LogP) is 0.997. The average molecular weight is 206 g/mol. The highest BCUT2D eigenvalue weighted by molar-refractivity contribution is 5.24. The van der Waals surface area contributed by atoms with E-state index in [1.165, 1.54) is 0 Å². The fraction of sp³-hybridized carbons (Fsp3) is 0.333. The van der Waals surface area contributed by atoms with Crippen molar-refractivity contribution in [3.8, 4) is 0 Å². The van der Waals surface area contributed by atoms with Gasteiger partial charge in [0.15, 0.2) is 0 Å². The van der Waals surface area contributed by atoms with Crippen LogP contribution in [0.15, 0.2) is 23.9 Å². The summed E-state index contributed by atoms with van der Waals surface area (Å²) in [4.78, 5) is 17.7. The van der Waals surface area contributed by atoms with Gasteiger partial charge in [0.2, 0.25) is 6.17 Å². The highest BCUT2D eigenvalue weighted by atomic mass is 19.2. The highest BCUT2D eigenvalue weighted by Gasteiger charge is 2.53. The number of rotatable bonds is 2. The van der Waals surface area contributed by atoms with Gasteiger partial charge in [-0.3, -0.25) is 20.2 Å². The molecule has 6 nitrogen and oxygen atoms in total. The van der Waals surface area contributed by atoms with Crippen LogP contribution in [0.25, 0.3) is 0 Å². The summed E-state index contributed by atoms with van der Waals surface area (Å²) in [7, 11) is 0. The second kappa shape index (κ2) is 3.13. The number of alkyl halides is 2. The van der Waals surface area contributed by atoms with E-state index in [0.29, 0.717) is 12.2 Å². The first kappa shape index (κ1) is 10.2. The van der Waals surface area contributed by atoms with Crippen LogP contribution in [0, 0.1) is 20.2 Å². The first-order valence-electron chi connectivity index (χ1n) is 3.41. The zero-order valence-electron chi connectivity index (χ0n) is 6.59. The lowest BCUT2D eigenvalue weighted by Gasteiger charge is -2.16. The Hall–Kier alpha value is -1.86. The van der Waals surface area contributed by atoms with Crippen LogP contribution >= 0.6 is 0 Å². The minimum absolute atomic E-state index is 0.0532. The van der Waals surface area contributed by atoms with Crippen LogP contribution in [0.2, 0.25) is 0 Å². The maximum Gasteiger partial charge on any atom is 0.418 e. The van der Waals surface area contributed by atoms with E-state index in [4.69, 9.17) is 0 Å². The molecule has 0 aromatic carbocycles. The zero-order valence-corrected chi connectivity index (χ0v) is 6.59. The molecule has 14 heavy (non-hydrogen) atoms. The first-order valence-corrected chi connectivity index (χ1v) is 3.41. The standard InChI is InChI=1S/C6H4F2N2O4/c7-5-2-1-4(9(11)12)3-6(5,8)10(13)14/h1-3,5H. The Kier molecular flexibility index (Phi) is 2.28. The van der Waals surface area contributed by atoms with Crippen LogP contribution in [0.4, 0.5) is 8.78 Å². The Morgan fingerprint density at radius 3 is 2.43 bits per heavy atom. The summed E-state index contributed by atoms with van der Waals surface area (Å²) < 4.78 is 25.9. The SMILES string of the molecule is O=[N+]([O-])C1=CC(F)([N+](=O)[O-])C(F)C=C1. The molecule has 0 bridgehead atoms. The second-order valence-corrected chi connectivity index (χ2v) is 2.57. The predicted molar refractivity (Wildman–Crippen MR) is 39.9 cm³/mol. The van der Waals surface area contributed by atoms with Gasteiger partial charge in [-0.1, -0.05) is 0 Å². The van der Waals surface area contributed by atoms with Gasteiger partial charge in [-0.2, -0.15) is 4.39 Å². The van der Waals surface area contributed by atoms with Gasteiger partial charge in [0.1, 0.15) is 6.08 Å². The second-order valence-electron chi connectivity index (χ2n) is 2.57. The maximum atomic E-state index is 13.2. The zero-order chi connectivity index (χ0) is 10.9. The third-order valence-electron chi connectivity index (χ3n) is 1.66. The topological polar surface area (TPSA) is 86.3 Å². The molecule has 0 saturated carbocycles. The summed E-state index contributed by atoms with van der Waals surface area (Å²) in [5.74, 6) is -3.54. The molecule has 0 saturated heterocycles. The molecule has 1 aliphatic rings. The molecule has 0 aliphatic heterocycles. The van der Waals surface area contributed by atoms with Crippen molar-refractivity contribution in [1.29, 1.82) is 0 Å². The van der Waals surface area contributed by atoms with Crippen LogP contribution < -0.4 is 0 Å². The number of nitro groups is 2. The normalized spacial score (nSPS) is 31.0. The van der Waals surface area contributed by atoms with Crippen molar-refractivity contribution in [2.75, 3.05) is 0 Å². The van der Waals surface area contributed by atoms with E-state index < -0.39 is 27.5 Å². The van der Waals surface area contributed by atoms with Gasteiger partial charge < -0.3 is 0 Å². The van der Waals surface area contributed by atoms with Gasteiger partial charge in [0, 0.05) is 6.08 Å². The Morgan fingerprint density at radius 1 is 1.43 bits per heavy atom. The molecule has 2 unspecified atom stereocenters. The molecule has 0 radical (unpaired) electrons. The fourth-order valence-electron chi connectivity index (χ4n) is 0.920. The van der Waals surface area contributed by atoms with E-state index in [0.717, 1.165) is 0 Å². The molecule has 1 aliphatic carbocycles. The molecule has 0 heterocycles. The third kappa shape index (κ3) is 1.45. The molecule has 1 rings (SSSR count). The number of halogens is 2. The van der Waals surface area contributed by atoms with Gasteiger partial charge in [0.05, 0.1) is 9.85 Å². The molecule has 0 spiro atoms. The molecular weight excluding hydrogens is 202 g/mol. The van der Waals surface area contributed by atoms with E-state index in [-0.39, 0.29) is 6.08 Å². The van der Waals surface area contributed by atoms with E-state index in [1.54, 1.807) is 0 Å². The average Bonchev–Trinajstić information content (AvgIpc) is 2.09. The van der Waals surface area contributed by atoms with E-state index in [1.807, 2.05) is 0 Å². The van der Waals surface area contributed by atoms with E-state index in [9.17, 15) is 29.0 Å². The van der Waals surface area contributed by atoms with Crippen molar-refractivity contribution in [2.45, 2.75) is 12.0 Å². The molecule has 0 aromatic heterocycles. The summed E-state index contributed by atoms with van der Waals surface area (Å²) >= 11 is 0. The van der Waals surface area contributed by atoms with Crippen LogP contribution in [-0.4, -0.2) is 21.8 Å². The summed E-state index contributed by atoms with van der Waals surface area (Å²) in [5, 5.41) is 20.3. The first-order chi connectivity index (χ1) is 6.38. The summed E-state index contributed by atoms with van der Waals surface area (Å²) in [6.45, 7) is 0. The molecular formula is C6H4F2N2O4. The summed E-state index contributed by atoms with van der Waals surface area (Å²) in [6, 6.07) is 0. The Labute approximate surface area is 75.8 Å². The van der Waals surface area contributed by atoms with Crippen molar-refractivity contribution in [3.05, 3.63) is 44.2 Å². The van der Waals surface area contributed by atoms with E-state index >= 15 is 0 Å². The summed E-state index contributed by atoms with van der Waals surface area (Å²) in [6.07, 6.45) is -1.33. The molecule has 0 fully saturated rings. The van der Waals surface area contributed by atoms with E-state index in [2.05, 4.69) is 0 Å². The van der Waals surface area contributed by atoms with Crippen LogP contribution in [0.3, 0.4) is 0 Å². The highest BCUT2D eigenvalue weighted by Crippen LogP contribution is 2.29. The molecule has 0 N–H and O–H groups in total. The molecule has 0 amide bonds. The maximum absolute atomic E-state index is 13.2. The van der Waals surface area contributed by atoms with Crippen LogP contribution in [-0.2, 0) is 0 Å². The Morgan fingerprint density at radius 2 is 2.00 bits per heavy atom. The van der Waals surface area contributed by atoms with Crippen molar-refractivity contribution < 1.29 is 18.6 Å². The Bertz CT molecular complexity index is 354. The van der Waals surface area contributed by atoms with Gasteiger partial charge >= 0.3 is 5.79 Å². The smallest absolute Gasteiger partial charge is 0.261 e. The van der Waals surface area contributed by atoms with Crippen molar-refractivity contribution in [3.63, 3.8) is 0 Å². The monoisotopic (exact) mass is 206 g/mol. The molecule has 76 valence electrons. The lowest BCUT2D eigenvalue weighted by atomic mass is 10.0. The number of nitrogens with zero attached hydrogens (tertiary/aromatic N) is 2. The van der Waals surface area contributed by atoms with Gasteiger partial charge in [-0.05, 0) is 6.08 Å². The number of allylic oxidation sites excluding steroid dienone is 1. The third-order valence-corrected chi connectivity index (χ3v) is 1.66. The minimum atomic E-state index is -3.54. The lowest BCUT2D eigenvalue weighted by Crippen LogP contribution is -2.42. The van der Waals surface area contributed by atoms with Crippen molar-refractivity contribution >= 4 is 0 Å². The van der Waals surface area contributed by atoms with Crippen molar-refractivity contribution in [2.24, 2.45) is 0 Å².